The lowest BCUT2D eigenvalue weighted by Crippen LogP contribution is -2.41. The summed E-state index contributed by atoms with van der Waals surface area (Å²) in [6, 6.07) is 0.401. The van der Waals surface area contributed by atoms with Crippen molar-refractivity contribution in [1.82, 2.24) is 4.90 Å². The third kappa shape index (κ3) is 5.36. The van der Waals surface area contributed by atoms with E-state index < -0.39 is 5.97 Å². The zero-order valence-corrected chi connectivity index (χ0v) is 11.9. The molecule has 4 heteroatoms. The smallest absolute Gasteiger partial charge is 0.317 e. The van der Waals surface area contributed by atoms with Crippen LogP contribution in [0.15, 0.2) is 0 Å². The molecular formula is C14H27NO3. The number of ether oxygens (including phenoxy) is 1. The summed E-state index contributed by atoms with van der Waals surface area (Å²) >= 11 is 0. The van der Waals surface area contributed by atoms with Gasteiger partial charge >= 0.3 is 5.97 Å². The number of methoxy groups -OCH3 is 1. The standard InChI is InChI=1S/C14H27NO3/c1-14(2)7-4-5-12(6-8-14)15(9-10-18-3)11-13(16)17/h12H,4-11H2,1-3H3,(H,16,17). The van der Waals surface area contributed by atoms with Crippen LogP contribution in [0.1, 0.15) is 46.0 Å². The van der Waals surface area contributed by atoms with Crippen molar-refractivity contribution in [3.8, 4) is 0 Å². The van der Waals surface area contributed by atoms with Crippen LogP contribution in [0.5, 0.6) is 0 Å². The van der Waals surface area contributed by atoms with E-state index in [0.717, 1.165) is 12.8 Å². The van der Waals surface area contributed by atoms with E-state index in [0.29, 0.717) is 24.6 Å². The lowest BCUT2D eigenvalue weighted by molar-refractivity contribution is -0.139. The summed E-state index contributed by atoms with van der Waals surface area (Å²) in [6.45, 7) is 6.08. The first-order chi connectivity index (χ1) is 8.44. The summed E-state index contributed by atoms with van der Waals surface area (Å²) in [7, 11) is 1.66. The molecule has 0 amide bonds. The molecule has 0 heterocycles. The van der Waals surface area contributed by atoms with Crippen LogP contribution in [0.2, 0.25) is 0 Å². The van der Waals surface area contributed by atoms with E-state index in [1.165, 1.54) is 19.3 Å². The van der Waals surface area contributed by atoms with Gasteiger partial charge in [-0.2, -0.15) is 0 Å². The minimum absolute atomic E-state index is 0.133. The van der Waals surface area contributed by atoms with Crippen molar-refractivity contribution < 1.29 is 14.6 Å². The van der Waals surface area contributed by atoms with Crippen LogP contribution in [-0.2, 0) is 9.53 Å². The Morgan fingerprint density at radius 3 is 2.72 bits per heavy atom. The van der Waals surface area contributed by atoms with Crippen molar-refractivity contribution in [2.45, 2.75) is 52.0 Å². The molecule has 1 saturated carbocycles. The second kappa shape index (κ2) is 7.10. The Balaban J connectivity index is 2.57. The predicted molar refractivity (Wildman–Crippen MR) is 71.7 cm³/mol. The highest BCUT2D eigenvalue weighted by Crippen LogP contribution is 2.35. The molecule has 1 unspecified atom stereocenters. The average molecular weight is 257 g/mol. The van der Waals surface area contributed by atoms with Crippen LogP contribution in [0.3, 0.4) is 0 Å². The summed E-state index contributed by atoms with van der Waals surface area (Å²) in [4.78, 5) is 13.0. The van der Waals surface area contributed by atoms with Crippen molar-refractivity contribution >= 4 is 5.97 Å². The number of hydrogen-bond acceptors (Lipinski definition) is 3. The molecule has 0 bridgehead atoms. The summed E-state index contributed by atoms with van der Waals surface area (Å²) in [6.07, 6.45) is 5.83. The average Bonchev–Trinajstić information content (AvgIpc) is 2.45. The SMILES string of the molecule is COCCN(CC(=O)O)C1CCCC(C)(C)CC1. The molecule has 0 saturated heterocycles. The second-order valence-electron chi connectivity index (χ2n) is 6.11. The molecule has 0 aromatic heterocycles. The van der Waals surface area contributed by atoms with Crippen LogP contribution in [-0.4, -0.2) is 48.8 Å². The molecule has 1 atom stereocenters. The maximum Gasteiger partial charge on any atom is 0.317 e. The van der Waals surface area contributed by atoms with E-state index in [-0.39, 0.29) is 6.54 Å². The molecule has 1 aliphatic rings. The first-order valence-electron chi connectivity index (χ1n) is 6.89. The molecule has 4 nitrogen and oxygen atoms in total. The molecule has 0 aromatic rings. The number of rotatable bonds is 6. The van der Waals surface area contributed by atoms with Gasteiger partial charge in [0.25, 0.3) is 0 Å². The van der Waals surface area contributed by atoms with Gasteiger partial charge in [-0.3, -0.25) is 9.69 Å². The first-order valence-corrected chi connectivity index (χ1v) is 6.89. The molecule has 0 aliphatic heterocycles. The minimum atomic E-state index is -0.741. The number of carbonyl (C=O) groups is 1. The van der Waals surface area contributed by atoms with Gasteiger partial charge in [0.2, 0.25) is 0 Å². The van der Waals surface area contributed by atoms with Crippen LogP contribution in [0, 0.1) is 5.41 Å². The largest absolute Gasteiger partial charge is 0.480 e. The van der Waals surface area contributed by atoms with Gasteiger partial charge in [0, 0.05) is 19.7 Å². The molecule has 0 aromatic carbocycles. The number of carboxylic acids is 1. The first kappa shape index (κ1) is 15.4. The summed E-state index contributed by atoms with van der Waals surface area (Å²) in [5.41, 5.74) is 0.408. The zero-order chi connectivity index (χ0) is 13.6. The van der Waals surface area contributed by atoms with Gasteiger partial charge < -0.3 is 9.84 Å². The van der Waals surface area contributed by atoms with Gasteiger partial charge in [0.1, 0.15) is 0 Å². The molecule has 1 fully saturated rings. The summed E-state index contributed by atoms with van der Waals surface area (Å²) < 4.78 is 5.08. The van der Waals surface area contributed by atoms with E-state index >= 15 is 0 Å². The van der Waals surface area contributed by atoms with Crippen LogP contribution in [0.4, 0.5) is 0 Å². The Morgan fingerprint density at radius 1 is 1.39 bits per heavy atom. The van der Waals surface area contributed by atoms with Gasteiger partial charge in [-0.15, -0.1) is 0 Å². The number of carboxylic acid groups (broad SMARTS) is 1. The fourth-order valence-corrected chi connectivity index (χ4v) is 2.78. The van der Waals surface area contributed by atoms with E-state index in [1.807, 2.05) is 0 Å². The monoisotopic (exact) mass is 257 g/mol. The molecule has 0 radical (unpaired) electrons. The van der Waals surface area contributed by atoms with E-state index in [2.05, 4.69) is 18.7 Å². The molecular weight excluding hydrogens is 230 g/mol. The van der Waals surface area contributed by atoms with E-state index in [9.17, 15) is 4.79 Å². The number of nitrogens with zero attached hydrogens (tertiary/aromatic N) is 1. The van der Waals surface area contributed by atoms with Crippen molar-refractivity contribution in [2.75, 3.05) is 26.8 Å². The fraction of sp³-hybridized carbons (Fsp3) is 0.929. The van der Waals surface area contributed by atoms with Crippen LogP contribution < -0.4 is 0 Å². The Hall–Kier alpha value is -0.610. The van der Waals surface area contributed by atoms with Gasteiger partial charge in [-0.25, -0.2) is 0 Å². The fourth-order valence-electron chi connectivity index (χ4n) is 2.78. The molecule has 1 rings (SSSR count). The van der Waals surface area contributed by atoms with E-state index in [1.54, 1.807) is 7.11 Å². The van der Waals surface area contributed by atoms with E-state index in [4.69, 9.17) is 9.84 Å². The van der Waals surface area contributed by atoms with Crippen LogP contribution in [0.25, 0.3) is 0 Å². The highest BCUT2D eigenvalue weighted by atomic mass is 16.5. The zero-order valence-electron chi connectivity index (χ0n) is 11.9. The lowest BCUT2D eigenvalue weighted by Gasteiger charge is -2.30. The minimum Gasteiger partial charge on any atom is -0.480 e. The Bertz CT molecular complexity index is 266. The van der Waals surface area contributed by atoms with Crippen molar-refractivity contribution in [3.05, 3.63) is 0 Å². The summed E-state index contributed by atoms with van der Waals surface area (Å²) in [5, 5.41) is 9.00. The lowest BCUT2D eigenvalue weighted by atomic mass is 9.85. The molecule has 18 heavy (non-hydrogen) atoms. The van der Waals surface area contributed by atoms with Crippen molar-refractivity contribution in [2.24, 2.45) is 5.41 Å². The van der Waals surface area contributed by atoms with Gasteiger partial charge in [0.15, 0.2) is 0 Å². The maximum absolute atomic E-state index is 10.9. The van der Waals surface area contributed by atoms with Crippen molar-refractivity contribution in [3.63, 3.8) is 0 Å². The number of aliphatic carboxylic acids is 1. The van der Waals surface area contributed by atoms with Crippen molar-refractivity contribution in [1.29, 1.82) is 0 Å². The predicted octanol–water partition coefficient (Wildman–Crippen LogP) is 2.38. The molecule has 0 spiro atoms. The highest BCUT2D eigenvalue weighted by molar-refractivity contribution is 5.69. The van der Waals surface area contributed by atoms with Gasteiger partial charge in [-0.1, -0.05) is 20.3 Å². The second-order valence-corrected chi connectivity index (χ2v) is 6.11. The molecule has 1 N–H and O–H groups in total. The van der Waals surface area contributed by atoms with Gasteiger partial charge in [0.05, 0.1) is 13.2 Å². The Kier molecular flexibility index (Phi) is 6.09. The highest BCUT2D eigenvalue weighted by Gasteiger charge is 2.28. The third-order valence-electron chi connectivity index (χ3n) is 3.98. The number of hydrogen-bond donors (Lipinski definition) is 1. The topological polar surface area (TPSA) is 49.8 Å². The third-order valence-corrected chi connectivity index (χ3v) is 3.98. The normalized spacial score (nSPS) is 23.9. The Morgan fingerprint density at radius 2 is 2.11 bits per heavy atom. The maximum atomic E-state index is 10.9. The molecule has 1 aliphatic carbocycles. The van der Waals surface area contributed by atoms with Crippen LogP contribution >= 0.6 is 0 Å². The van der Waals surface area contributed by atoms with Gasteiger partial charge in [-0.05, 0) is 31.1 Å². The quantitative estimate of drug-likeness (QED) is 0.742. The molecule has 106 valence electrons. The summed E-state index contributed by atoms with van der Waals surface area (Å²) in [5.74, 6) is -0.741. The Labute approximate surface area is 110 Å².